The smallest absolute Gasteiger partial charge is 0.0524 e. The van der Waals surface area contributed by atoms with Gasteiger partial charge in [0.1, 0.15) is 0 Å². The quantitative estimate of drug-likeness (QED) is 0.820. The maximum absolute atomic E-state index is 4.37. The molecule has 0 bridgehead atoms. The maximum atomic E-state index is 4.37. The van der Waals surface area contributed by atoms with E-state index in [1.54, 1.807) is 0 Å². The lowest BCUT2D eigenvalue weighted by Gasteiger charge is -2.30. The third-order valence-corrected chi connectivity index (χ3v) is 3.92. The van der Waals surface area contributed by atoms with Crippen LogP contribution in [0.4, 0.5) is 0 Å². The number of rotatable bonds is 7. The molecule has 1 atom stereocenters. The van der Waals surface area contributed by atoms with Crippen LogP contribution in [0, 0.1) is 0 Å². The van der Waals surface area contributed by atoms with Crippen molar-refractivity contribution in [1.29, 1.82) is 0 Å². The van der Waals surface area contributed by atoms with Crippen molar-refractivity contribution in [3.8, 4) is 0 Å². The molecule has 108 valence electrons. The summed E-state index contributed by atoms with van der Waals surface area (Å²) in [6.45, 7) is 9.94. The molecule has 0 aliphatic carbocycles. The van der Waals surface area contributed by atoms with Crippen LogP contribution in [-0.2, 0) is 13.1 Å². The first-order valence-corrected chi connectivity index (χ1v) is 7.80. The van der Waals surface area contributed by atoms with Gasteiger partial charge in [0.25, 0.3) is 0 Å². The molecule has 19 heavy (non-hydrogen) atoms. The van der Waals surface area contributed by atoms with Gasteiger partial charge in [-0.15, -0.1) is 0 Å². The minimum absolute atomic E-state index is 0.679. The van der Waals surface area contributed by atoms with E-state index in [0.29, 0.717) is 6.04 Å². The van der Waals surface area contributed by atoms with Crippen molar-refractivity contribution in [1.82, 2.24) is 20.0 Å². The van der Waals surface area contributed by atoms with Crippen molar-refractivity contribution in [3.63, 3.8) is 0 Å². The molecule has 1 N–H and O–H groups in total. The summed E-state index contributed by atoms with van der Waals surface area (Å²) in [7, 11) is 0. The van der Waals surface area contributed by atoms with Crippen LogP contribution in [0.5, 0.6) is 0 Å². The lowest BCUT2D eigenvalue weighted by atomic mass is 10.0. The van der Waals surface area contributed by atoms with Gasteiger partial charge >= 0.3 is 0 Å². The number of hydrogen-bond donors (Lipinski definition) is 1. The average molecular weight is 264 g/mol. The van der Waals surface area contributed by atoms with Crippen LogP contribution in [0.1, 0.15) is 45.2 Å². The summed E-state index contributed by atoms with van der Waals surface area (Å²) in [5.74, 6) is 0. The monoisotopic (exact) mass is 264 g/mol. The summed E-state index contributed by atoms with van der Waals surface area (Å²) in [5.41, 5.74) is 1.34. The van der Waals surface area contributed by atoms with Gasteiger partial charge in [-0.3, -0.25) is 9.58 Å². The number of nitrogens with one attached hydrogen (secondary N) is 1. The largest absolute Gasteiger partial charge is 0.313 e. The minimum atomic E-state index is 0.679. The average Bonchev–Trinajstić information content (AvgIpc) is 2.87. The van der Waals surface area contributed by atoms with Gasteiger partial charge in [-0.2, -0.15) is 5.10 Å². The van der Waals surface area contributed by atoms with Crippen molar-refractivity contribution in [2.45, 2.75) is 58.7 Å². The van der Waals surface area contributed by atoms with E-state index in [9.17, 15) is 0 Å². The molecule has 0 spiro atoms. The summed E-state index contributed by atoms with van der Waals surface area (Å²) in [5, 5.41) is 8.02. The highest BCUT2D eigenvalue weighted by atomic mass is 15.3. The normalized spacial score (nSPS) is 20.1. The number of aromatic nitrogens is 2. The van der Waals surface area contributed by atoms with Crippen molar-refractivity contribution in [2.75, 3.05) is 19.6 Å². The van der Waals surface area contributed by atoms with E-state index in [1.807, 2.05) is 6.20 Å². The van der Waals surface area contributed by atoms with Crippen LogP contribution in [0.15, 0.2) is 12.3 Å². The molecule has 0 aromatic carbocycles. The molecule has 1 aliphatic rings. The Kier molecular flexibility index (Phi) is 5.86. The molecule has 1 aromatic rings. The molecule has 0 radical (unpaired) electrons. The third kappa shape index (κ3) is 4.32. The summed E-state index contributed by atoms with van der Waals surface area (Å²) >= 11 is 0. The van der Waals surface area contributed by atoms with Crippen molar-refractivity contribution in [2.24, 2.45) is 0 Å². The number of nitrogens with zero attached hydrogens (tertiary/aromatic N) is 3. The molecular formula is C15H28N4. The van der Waals surface area contributed by atoms with Crippen LogP contribution in [0.25, 0.3) is 0 Å². The highest BCUT2D eigenvalue weighted by Gasteiger charge is 2.17. The summed E-state index contributed by atoms with van der Waals surface area (Å²) in [6, 6.07) is 2.83. The summed E-state index contributed by atoms with van der Waals surface area (Å²) in [4.78, 5) is 2.58. The Bertz CT molecular complexity index is 355. The molecule has 1 aliphatic heterocycles. The molecule has 4 heteroatoms. The molecule has 0 amide bonds. The standard InChI is InChI=1S/C15H28N4/c1-3-11-18(12-14-7-5-6-9-16-14)13-15-8-10-17-19(15)4-2/h8,10,14,16H,3-7,9,11-13H2,1-2H3. The van der Waals surface area contributed by atoms with Gasteiger partial charge in [0.2, 0.25) is 0 Å². The van der Waals surface area contributed by atoms with Gasteiger partial charge in [0.15, 0.2) is 0 Å². The topological polar surface area (TPSA) is 33.1 Å². The molecule has 1 saturated heterocycles. The second-order valence-corrected chi connectivity index (χ2v) is 5.52. The predicted octanol–water partition coefficient (Wildman–Crippen LogP) is 2.26. The van der Waals surface area contributed by atoms with Gasteiger partial charge in [0, 0.05) is 31.9 Å². The molecule has 1 unspecified atom stereocenters. The van der Waals surface area contributed by atoms with Gasteiger partial charge in [-0.25, -0.2) is 0 Å². The molecular weight excluding hydrogens is 236 g/mol. The Morgan fingerprint density at radius 3 is 3.00 bits per heavy atom. The van der Waals surface area contributed by atoms with Crippen LogP contribution in [0.3, 0.4) is 0 Å². The highest BCUT2D eigenvalue weighted by Crippen LogP contribution is 2.11. The van der Waals surface area contributed by atoms with Gasteiger partial charge in [-0.05, 0) is 45.3 Å². The van der Waals surface area contributed by atoms with Crippen LogP contribution in [-0.4, -0.2) is 40.4 Å². The number of hydrogen-bond acceptors (Lipinski definition) is 3. The molecule has 2 rings (SSSR count). The van der Waals surface area contributed by atoms with Crippen molar-refractivity contribution >= 4 is 0 Å². The molecule has 0 saturated carbocycles. The van der Waals surface area contributed by atoms with E-state index in [0.717, 1.165) is 13.1 Å². The van der Waals surface area contributed by atoms with Gasteiger partial charge in [-0.1, -0.05) is 13.3 Å². The van der Waals surface area contributed by atoms with E-state index < -0.39 is 0 Å². The lowest BCUT2D eigenvalue weighted by molar-refractivity contribution is 0.212. The Morgan fingerprint density at radius 2 is 2.32 bits per heavy atom. The molecule has 1 aromatic heterocycles. The van der Waals surface area contributed by atoms with Crippen molar-refractivity contribution < 1.29 is 0 Å². The Morgan fingerprint density at radius 1 is 1.42 bits per heavy atom. The minimum Gasteiger partial charge on any atom is -0.313 e. The second kappa shape index (κ2) is 7.65. The van der Waals surface area contributed by atoms with E-state index in [1.165, 1.54) is 51.0 Å². The number of piperidine rings is 1. The molecule has 1 fully saturated rings. The predicted molar refractivity (Wildman–Crippen MR) is 79.1 cm³/mol. The first-order chi connectivity index (χ1) is 9.33. The first-order valence-electron chi connectivity index (χ1n) is 7.80. The number of aryl methyl sites for hydroxylation is 1. The summed E-state index contributed by atoms with van der Waals surface area (Å²) < 4.78 is 2.11. The van der Waals surface area contributed by atoms with Crippen molar-refractivity contribution in [3.05, 3.63) is 18.0 Å². The highest BCUT2D eigenvalue weighted by molar-refractivity contribution is 5.00. The van der Waals surface area contributed by atoms with E-state index in [2.05, 4.69) is 39.9 Å². The Hall–Kier alpha value is -0.870. The lowest BCUT2D eigenvalue weighted by Crippen LogP contribution is -2.43. The third-order valence-electron chi connectivity index (χ3n) is 3.92. The van der Waals surface area contributed by atoms with E-state index in [4.69, 9.17) is 0 Å². The molecule has 2 heterocycles. The second-order valence-electron chi connectivity index (χ2n) is 5.52. The Labute approximate surface area is 117 Å². The van der Waals surface area contributed by atoms with E-state index in [-0.39, 0.29) is 0 Å². The fourth-order valence-corrected chi connectivity index (χ4v) is 2.95. The van der Waals surface area contributed by atoms with Gasteiger partial charge < -0.3 is 5.32 Å². The van der Waals surface area contributed by atoms with Gasteiger partial charge in [0.05, 0.1) is 5.69 Å². The Balaban J connectivity index is 1.91. The SMILES string of the molecule is CCCN(Cc1ccnn1CC)CC1CCCCN1. The molecule has 4 nitrogen and oxygen atoms in total. The fourth-order valence-electron chi connectivity index (χ4n) is 2.95. The maximum Gasteiger partial charge on any atom is 0.0524 e. The first kappa shape index (κ1) is 14.5. The van der Waals surface area contributed by atoms with Crippen LogP contribution >= 0.6 is 0 Å². The zero-order valence-electron chi connectivity index (χ0n) is 12.4. The zero-order chi connectivity index (χ0) is 13.5. The van der Waals surface area contributed by atoms with Crippen LogP contribution in [0.2, 0.25) is 0 Å². The van der Waals surface area contributed by atoms with Crippen LogP contribution < -0.4 is 5.32 Å². The summed E-state index contributed by atoms with van der Waals surface area (Å²) in [6.07, 6.45) is 7.18. The van der Waals surface area contributed by atoms with E-state index >= 15 is 0 Å². The fraction of sp³-hybridized carbons (Fsp3) is 0.800. The zero-order valence-corrected chi connectivity index (χ0v) is 12.4.